The van der Waals surface area contributed by atoms with Crippen LogP contribution in [0.15, 0.2) is 30.3 Å². The molecule has 2 saturated heterocycles. The SMILES string of the molecule is CC1CCC(Oc2ccc3cc(CN4C5CCC4CC(C(=O)O)C5)ccc3c2C#N)CC1. The Kier molecular flexibility index (Phi) is 5.82. The van der Waals surface area contributed by atoms with Crippen LogP contribution >= 0.6 is 0 Å². The molecule has 0 amide bonds. The van der Waals surface area contributed by atoms with Gasteiger partial charge in [-0.25, -0.2) is 0 Å². The predicted octanol–water partition coefficient (Wildman–Crippen LogP) is 5.50. The van der Waals surface area contributed by atoms with E-state index in [2.05, 4.69) is 42.2 Å². The molecule has 5 rings (SSSR count). The first-order valence-corrected chi connectivity index (χ1v) is 12.1. The van der Waals surface area contributed by atoms with Crippen LogP contribution in [0.3, 0.4) is 0 Å². The van der Waals surface area contributed by atoms with Gasteiger partial charge >= 0.3 is 5.97 Å². The molecule has 32 heavy (non-hydrogen) atoms. The highest BCUT2D eigenvalue weighted by molar-refractivity contribution is 5.90. The first kappa shape index (κ1) is 21.3. The number of ether oxygens (including phenoxy) is 1. The standard InChI is InChI=1S/C27H32N2O3/c1-17-2-8-23(9-3-17)32-26-11-5-19-12-18(4-10-24(19)25(26)15-28)16-29-21-6-7-22(29)14-20(13-21)27(30)31/h4-5,10-12,17,20-23H,2-3,6-9,13-14,16H2,1H3,(H,30,31). The van der Waals surface area contributed by atoms with Crippen LogP contribution in [-0.4, -0.2) is 34.2 Å². The fourth-order valence-electron chi connectivity index (χ4n) is 6.14. The number of carboxylic acid groups (broad SMARTS) is 1. The fourth-order valence-corrected chi connectivity index (χ4v) is 6.14. The van der Waals surface area contributed by atoms with Crippen molar-refractivity contribution in [1.82, 2.24) is 4.90 Å². The molecule has 2 aliphatic heterocycles. The molecule has 3 aliphatic rings. The number of rotatable bonds is 5. The van der Waals surface area contributed by atoms with Gasteiger partial charge in [0.1, 0.15) is 17.4 Å². The largest absolute Gasteiger partial charge is 0.489 e. The lowest BCUT2D eigenvalue weighted by molar-refractivity contribution is -0.144. The zero-order valence-electron chi connectivity index (χ0n) is 18.8. The fraction of sp³-hybridized carbons (Fsp3) is 0.556. The number of hydrogen-bond acceptors (Lipinski definition) is 4. The van der Waals surface area contributed by atoms with E-state index in [0.717, 1.165) is 61.8 Å². The van der Waals surface area contributed by atoms with Crippen molar-refractivity contribution in [2.45, 2.75) is 83.0 Å². The lowest BCUT2D eigenvalue weighted by atomic mass is 9.89. The normalized spacial score (nSPS) is 30.2. The molecule has 2 aromatic carbocycles. The molecular weight excluding hydrogens is 400 g/mol. The van der Waals surface area contributed by atoms with Gasteiger partial charge in [0.25, 0.3) is 0 Å². The molecule has 2 heterocycles. The minimum Gasteiger partial charge on any atom is -0.489 e. The average Bonchev–Trinajstić information content (AvgIpc) is 3.01. The molecule has 168 valence electrons. The summed E-state index contributed by atoms with van der Waals surface area (Å²) < 4.78 is 6.27. The van der Waals surface area contributed by atoms with Crippen molar-refractivity contribution in [3.8, 4) is 11.8 Å². The smallest absolute Gasteiger partial charge is 0.306 e. The van der Waals surface area contributed by atoms with Crippen LogP contribution in [0.1, 0.15) is 69.4 Å². The van der Waals surface area contributed by atoms with Crippen LogP contribution in [0, 0.1) is 23.2 Å². The van der Waals surface area contributed by atoms with Gasteiger partial charge in [0.2, 0.25) is 0 Å². The molecule has 0 spiro atoms. The second kappa shape index (κ2) is 8.75. The summed E-state index contributed by atoms with van der Waals surface area (Å²) in [5.41, 5.74) is 1.86. The van der Waals surface area contributed by atoms with E-state index in [0.29, 0.717) is 23.4 Å². The van der Waals surface area contributed by atoms with Crippen LogP contribution in [0.2, 0.25) is 0 Å². The molecule has 2 unspecified atom stereocenters. The lowest BCUT2D eigenvalue weighted by Crippen LogP contribution is -2.44. The van der Waals surface area contributed by atoms with Crippen molar-refractivity contribution in [2.24, 2.45) is 11.8 Å². The van der Waals surface area contributed by atoms with Gasteiger partial charge in [-0.05, 0) is 80.4 Å². The van der Waals surface area contributed by atoms with E-state index in [-0.39, 0.29) is 12.0 Å². The number of benzene rings is 2. The van der Waals surface area contributed by atoms with Gasteiger partial charge in [-0.15, -0.1) is 0 Å². The molecule has 5 nitrogen and oxygen atoms in total. The molecule has 0 aromatic heterocycles. The van der Waals surface area contributed by atoms with Crippen LogP contribution in [-0.2, 0) is 11.3 Å². The molecule has 1 aliphatic carbocycles. The third kappa shape index (κ3) is 4.09. The Morgan fingerprint density at radius 1 is 1.09 bits per heavy atom. The summed E-state index contributed by atoms with van der Waals surface area (Å²) in [4.78, 5) is 14.0. The van der Waals surface area contributed by atoms with Gasteiger partial charge in [-0.1, -0.05) is 25.1 Å². The summed E-state index contributed by atoms with van der Waals surface area (Å²) in [7, 11) is 0. The third-order valence-corrected chi connectivity index (χ3v) is 8.01. The second-order valence-corrected chi connectivity index (χ2v) is 10.2. The van der Waals surface area contributed by atoms with Crippen molar-refractivity contribution in [3.05, 3.63) is 41.5 Å². The van der Waals surface area contributed by atoms with E-state index in [1.54, 1.807) is 0 Å². The van der Waals surface area contributed by atoms with Crippen molar-refractivity contribution in [3.63, 3.8) is 0 Å². The number of piperidine rings is 1. The van der Waals surface area contributed by atoms with Gasteiger partial charge in [0.05, 0.1) is 12.0 Å². The van der Waals surface area contributed by atoms with E-state index >= 15 is 0 Å². The molecular formula is C27H32N2O3. The van der Waals surface area contributed by atoms with Crippen LogP contribution in [0.4, 0.5) is 0 Å². The molecule has 2 aromatic rings. The van der Waals surface area contributed by atoms with Crippen LogP contribution in [0.25, 0.3) is 10.8 Å². The Morgan fingerprint density at radius 3 is 2.47 bits per heavy atom. The van der Waals surface area contributed by atoms with Gasteiger partial charge in [0.15, 0.2) is 0 Å². The highest BCUT2D eigenvalue weighted by atomic mass is 16.5. The first-order chi connectivity index (χ1) is 15.5. The summed E-state index contributed by atoms with van der Waals surface area (Å²) in [5, 5.41) is 21.3. The summed E-state index contributed by atoms with van der Waals surface area (Å²) in [6, 6.07) is 13.5. The number of carbonyl (C=O) groups is 1. The Labute approximate surface area is 190 Å². The van der Waals surface area contributed by atoms with Crippen molar-refractivity contribution in [1.29, 1.82) is 5.26 Å². The van der Waals surface area contributed by atoms with Gasteiger partial charge in [0, 0.05) is 24.0 Å². The zero-order valence-corrected chi connectivity index (χ0v) is 18.8. The molecule has 0 radical (unpaired) electrons. The number of fused-ring (bicyclic) bond motifs is 3. The van der Waals surface area contributed by atoms with E-state index in [9.17, 15) is 15.2 Å². The Balaban J connectivity index is 1.34. The molecule has 2 atom stereocenters. The topological polar surface area (TPSA) is 73.6 Å². The van der Waals surface area contributed by atoms with Gasteiger partial charge in [-0.2, -0.15) is 5.26 Å². The minimum atomic E-state index is -0.642. The summed E-state index contributed by atoms with van der Waals surface area (Å²) in [6.45, 7) is 3.14. The number of hydrogen-bond donors (Lipinski definition) is 1. The summed E-state index contributed by atoms with van der Waals surface area (Å²) in [5.74, 6) is 0.646. The highest BCUT2D eigenvalue weighted by Gasteiger charge is 2.42. The maximum absolute atomic E-state index is 11.5. The molecule has 1 saturated carbocycles. The predicted molar refractivity (Wildman–Crippen MR) is 123 cm³/mol. The van der Waals surface area contributed by atoms with Crippen LogP contribution < -0.4 is 4.74 Å². The third-order valence-electron chi connectivity index (χ3n) is 8.01. The lowest BCUT2D eigenvalue weighted by Gasteiger charge is -2.37. The van der Waals surface area contributed by atoms with E-state index in [1.807, 2.05) is 6.07 Å². The van der Waals surface area contributed by atoms with Crippen molar-refractivity contribution >= 4 is 16.7 Å². The number of nitrogens with zero attached hydrogens (tertiary/aromatic N) is 2. The van der Waals surface area contributed by atoms with Crippen molar-refractivity contribution in [2.75, 3.05) is 0 Å². The van der Waals surface area contributed by atoms with E-state index in [4.69, 9.17) is 4.74 Å². The summed E-state index contributed by atoms with van der Waals surface area (Å²) >= 11 is 0. The maximum Gasteiger partial charge on any atom is 0.306 e. The zero-order chi connectivity index (χ0) is 22.2. The Morgan fingerprint density at radius 2 is 1.81 bits per heavy atom. The Hall–Kier alpha value is -2.58. The maximum atomic E-state index is 11.5. The number of aliphatic carboxylic acids is 1. The van der Waals surface area contributed by atoms with Gasteiger partial charge < -0.3 is 9.84 Å². The summed E-state index contributed by atoms with van der Waals surface area (Å²) in [6.07, 6.45) is 8.43. The van der Waals surface area contributed by atoms with E-state index < -0.39 is 5.97 Å². The molecule has 3 fully saturated rings. The monoisotopic (exact) mass is 432 g/mol. The molecule has 1 N–H and O–H groups in total. The van der Waals surface area contributed by atoms with Gasteiger partial charge in [-0.3, -0.25) is 9.69 Å². The quantitative estimate of drug-likeness (QED) is 0.676. The van der Waals surface area contributed by atoms with Crippen LogP contribution in [0.5, 0.6) is 5.75 Å². The average molecular weight is 433 g/mol. The molecule has 2 bridgehead atoms. The first-order valence-electron chi connectivity index (χ1n) is 12.1. The Bertz CT molecular complexity index is 1040. The minimum absolute atomic E-state index is 0.190. The number of nitriles is 1. The number of carboxylic acids is 1. The second-order valence-electron chi connectivity index (χ2n) is 10.2. The highest BCUT2D eigenvalue weighted by Crippen LogP contribution is 2.40. The van der Waals surface area contributed by atoms with Crippen molar-refractivity contribution < 1.29 is 14.6 Å². The van der Waals surface area contributed by atoms with E-state index in [1.165, 1.54) is 18.4 Å². The molecule has 5 heteroatoms.